The Morgan fingerprint density at radius 2 is 2.16 bits per heavy atom. The molecule has 0 aromatic heterocycles. The first-order valence-corrected chi connectivity index (χ1v) is 7.07. The van der Waals surface area contributed by atoms with Crippen LogP contribution in [0.2, 0.25) is 0 Å². The molecule has 19 heavy (non-hydrogen) atoms. The number of benzene rings is 1. The monoisotopic (exact) mass is 264 g/mol. The lowest BCUT2D eigenvalue weighted by Crippen LogP contribution is -2.27. The van der Waals surface area contributed by atoms with Crippen molar-refractivity contribution < 1.29 is 9.47 Å². The molecule has 1 N–H and O–H groups in total. The molecule has 0 bridgehead atoms. The Balaban J connectivity index is 1.90. The van der Waals surface area contributed by atoms with Crippen LogP contribution in [-0.4, -0.2) is 46.5 Å². The van der Waals surface area contributed by atoms with Gasteiger partial charge in [-0.3, -0.25) is 0 Å². The zero-order chi connectivity index (χ0) is 13.3. The molecule has 1 saturated heterocycles. The van der Waals surface area contributed by atoms with Crippen LogP contribution in [-0.2, 0) is 4.74 Å². The topological polar surface area (TPSA) is 33.7 Å². The smallest absolute Gasteiger partial charge is 0.121 e. The van der Waals surface area contributed by atoms with Crippen molar-refractivity contribution in [2.45, 2.75) is 12.8 Å². The van der Waals surface area contributed by atoms with E-state index >= 15 is 0 Å². The average Bonchev–Trinajstić information content (AvgIpc) is 2.73. The molecule has 1 aromatic carbocycles. The molecule has 1 aliphatic rings. The molecule has 0 saturated carbocycles. The molecule has 0 radical (unpaired) electrons. The number of ether oxygens (including phenoxy) is 2. The fourth-order valence-corrected chi connectivity index (χ4v) is 2.27. The largest absolute Gasteiger partial charge is 0.493 e. The number of rotatable bonds is 6. The zero-order valence-corrected chi connectivity index (χ0v) is 11.7. The highest BCUT2D eigenvalue weighted by Crippen LogP contribution is 2.21. The molecule has 0 aliphatic carbocycles. The summed E-state index contributed by atoms with van der Waals surface area (Å²) in [5.74, 6) is 0.950. The second-order valence-corrected chi connectivity index (χ2v) is 4.78. The van der Waals surface area contributed by atoms with Crippen LogP contribution in [0.3, 0.4) is 0 Å². The van der Waals surface area contributed by atoms with E-state index in [-0.39, 0.29) is 0 Å². The lowest BCUT2D eigenvalue weighted by atomic mass is 10.2. The first-order valence-electron chi connectivity index (χ1n) is 7.07. The Morgan fingerprint density at radius 1 is 1.21 bits per heavy atom. The van der Waals surface area contributed by atoms with Gasteiger partial charge in [-0.05, 0) is 25.1 Å². The van der Waals surface area contributed by atoms with Gasteiger partial charge in [-0.2, -0.15) is 0 Å². The Labute approximate surface area is 115 Å². The number of anilines is 1. The summed E-state index contributed by atoms with van der Waals surface area (Å²) in [5.41, 5.74) is 1.26. The first kappa shape index (κ1) is 14.2. The molecular formula is C15H24N2O2. The third-order valence-corrected chi connectivity index (χ3v) is 3.28. The summed E-state index contributed by atoms with van der Waals surface area (Å²) in [7, 11) is 1.72. The molecule has 0 spiro atoms. The van der Waals surface area contributed by atoms with Gasteiger partial charge in [0.05, 0.1) is 6.61 Å². The summed E-state index contributed by atoms with van der Waals surface area (Å²) in [6.07, 6.45) is 2.12. The van der Waals surface area contributed by atoms with Crippen molar-refractivity contribution >= 4 is 5.69 Å². The van der Waals surface area contributed by atoms with Gasteiger partial charge in [0, 0.05) is 51.5 Å². The van der Waals surface area contributed by atoms with Crippen molar-refractivity contribution in [2.75, 3.05) is 51.4 Å². The minimum Gasteiger partial charge on any atom is -0.493 e. The van der Waals surface area contributed by atoms with E-state index in [1.807, 2.05) is 6.07 Å². The van der Waals surface area contributed by atoms with E-state index in [2.05, 4.69) is 28.4 Å². The summed E-state index contributed by atoms with van der Waals surface area (Å²) < 4.78 is 10.8. The number of methoxy groups -OCH3 is 1. The molecule has 0 amide bonds. The van der Waals surface area contributed by atoms with E-state index in [9.17, 15) is 0 Å². The van der Waals surface area contributed by atoms with Crippen LogP contribution in [0.25, 0.3) is 0 Å². The molecule has 1 fully saturated rings. The second-order valence-electron chi connectivity index (χ2n) is 4.78. The molecule has 0 unspecified atom stereocenters. The fourth-order valence-electron chi connectivity index (χ4n) is 2.27. The molecule has 106 valence electrons. The number of hydrogen-bond acceptors (Lipinski definition) is 4. The standard InChI is InChI=1S/C15H24N2O2/c1-18-11-4-12-19-15-6-2-5-14(13-15)17-9-3-7-16-8-10-17/h2,5-6,13,16H,3-4,7-12H2,1H3. The minimum absolute atomic E-state index is 0.707. The van der Waals surface area contributed by atoms with E-state index in [4.69, 9.17) is 9.47 Å². The van der Waals surface area contributed by atoms with E-state index in [0.717, 1.165) is 45.0 Å². The van der Waals surface area contributed by atoms with Gasteiger partial charge in [-0.15, -0.1) is 0 Å². The van der Waals surface area contributed by atoms with Crippen molar-refractivity contribution in [1.29, 1.82) is 0 Å². The van der Waals surface area contributed by atoms with Crippen LogP contribution >= 0.6 is 0 Å². The molecule has 4 nitrogen and oxygen atoms in total. The quantitative estimate of drug-likeness (QED) is 0.796. The van der Waals surface area contributed by atoms with Gasteiger partial charge in [0.1, 0.15) is 5.75 Å². The molecule has 1 aromatic rings. The van der Waals surface area contributed by atoms with Gasteiger partial charge < -0.3 is 19.7 Å². The highest BCUT2D eigenvalue weighted by Gasteiger charge is 2.09. The van der Waals surface area contributed by atoms with Gasteiger partial charge >= 0.3 is 0 Å². The van der Waals surface area contributed by atoms with E-state index in [1.54, 1.807) is 7.11 Å². The van der Waals surface area contributed by atoms with Crippen molar-refractivity contribution in [3.63, 3.8) is 0 Å². The maximum atomic E-state index is 5.75. The predicted octanol–water partition coefficient (Wildman–Crippen LogP) is 1.90. The van der Waals surface area contributed by atoms with Crippen LogP contribution in [0.15, 0.2) is 24.3 Å². The van der Waals surface area contributed by atoms with Crippen molar-refractivity contribution in [3.8, 4) is 5.75 Å². The summed E-state index contributed by atoms with van der Waals surface area (Å²) in [6, 6.07) is 8.39. The first-order chi connectivity index (χ1) is 9.40. The number of hydrogen-bond donors (Lipinski definition) is 1. The number of nitrogens with zero attached hydrogens (tertiary/aromatic N) is 1. The highest BCUT2D eigenvalue weighted by molar-refractivity contribution is 5.50. The van der Waals surface area contributed by atoms with Crippen LogP contribution in [0.5, 0.6) is 5.75 Å². The Bertz CT molecular complexity index is 363. The fraction of sp³-hybridized carbons (Fsp3) is 0.600. The Morgan fingerprint density at radius 3 is 3.05 bits per heavy atom. The molecule has 0 atom stereocenters. The van der Waals surface area contributed by atoms with E-state index < -0.39 is 0 Å². The summed E-state index contributed by atoms with van der Waals surface area (Å²) in [6.45, 7) is 5.80. The third-order valence-electron chi connectivity index (χ3n) is 3.28. The SMILES string of the molecule is COCCCOc1cccc(N2CCCNCC2)c1. The van der Waals surface area contributed by atoms with Crippen molar-refractivity contribution in [3.05, 3.63) is 24.3 Å². The predicted molar refractivity (Wildman–Crippen MR) is 78.1 cm³/mol. The highest BCUT2D eigenvalue weighted by atomic mass is 16.5. The van der Waals surface area contributed by atoms with Crippen LogP contribution in [0.1, 0.15) is 12.8 Å². The number of nitrogens with one attached hydrogen (secondary N) is 1. The molecule has 2 rings (SSSR count). The molecular weight excluding hydrogens is 240 g/mol. The van der Waals surface area contributed by atoms with E-state index in [0.29, 0.717) is 6.61 Å². The maximum absolute atomic E-state index is 5.75. The zero-order valence-electron chi connectivity index (χ0n) is 11.7. The summed E-state index contributed by atoms with van der Waals surface area (Å²) in [4.78, 5) is 2.42. The third kappa shape index (κ3) is 4.73. The molecule has 4 heteroatoms. The van der Waals surface area contributed by atoms with Crippen molar-refractivity contribution in [2.24, 2.45) is 0 Å². The normalized spacial score (nSPS) is 16.2. The molecule has 1 heterocycles. The van der Waals surface area contributed by atoms with Gasteiger partial charge in [-0.25, -0.2) is 0 Å². The van der Waals surface area contributed by atoms with Crippen LogP contribution in [0, 0.1) is 0 Å². The van der Waals surface area contributed by atoms with Gasteiger partial charge in [-0.1, -0.05) is 6.07 Å². The molecule has 1 aliphatic heterocycles. The van der Waals surface area contributed by atoms with Gasteiger partial charge in [0.15, 0.2) is 0 Å². The van der Waals surface area contributed by atoms with Crippen LogP contribution < -0.4 is 15.0 Å². The summed E-state index contributed by atoms with van der Waals surface area (Å²) >= 11 is 0. The Hall–Kier alpha value is -1.26. The second kappa shape index (κ2) is 8.02. The average molecular weight is 264 g/mol. The Kier molecular flexibility index (Phi) is 5.98. The van der Waals surface area contributed by atoms with Crippen LogP contribution in [0.4, 0.5) is 5.69 Å². The lowest BCUT2D eigenvalue weighted by Gasteiger charge is -2.22. The van der Waals surface area contributed by atoms with Gasteiger partial charge in [0.2, 0.25) is 0 Å². The van der Waals surface area contributed by atoms with E-state index in [1.165, 1.54) is 12.1 Å². The van der Waals surface area contributed by atoms with Gasteiger partial charge in [0.25, 0.3) is 0 Å². The lowest BCUT2D eigenvalue weighted by molar-refractivity contribution is 0.172. The van der Waals surface area contributed by atoms with Crippen molar-refractivity contribution in [1.82, 2.24) is 5.32 Å². The minimum atomic E-state index is 0.707. The summed E-state index contributed by atoms with van der Waals surface area (Å²) in [5, 5.41) is 3.42. The maximum Gasteiger partial charge on any atom is 0.121 e.